The number of fused-ring (bicyclic) bond motifs is 2. The van der Waals surface area contributed by atoms with E-state index in [0.717, 1.165) is 18.4 Å². The lowest BCUT2D eigenvalue weighted by Gasteiger charge is -2.27. The van der Waals surface area contributed by atoms with Crippen LogP contribution < -0.4 is 10.6 Å². The Bertz CT molecular complexity index is 381. The maximum Gasteiger partial charge on any atom is 0.315 e. The van der Waals surface area contributed by atoms with Gasteiger partial charge in [0, 0.05) is 18.5 Å². The van der Waals surface area contributed by atoms with E-state index < -0.39 is 11.5 Å². The fourth-order valence-electron chi connectivity index (χ4n) is 3.68. The largest absolute Gasteiger partial charge is 0.481 e. The van der Waals surface area contributed by atoms with Crippen molar-refractivity contribution in [2.24, 2.45) is 17.8 Å². The number of nitrogens with one attached hydrogen (secondary N) is 2. The van der Waals surface area contributed by atoms with Crippen molar-refractivity contribution in [3.8, 4) is 0 Å². The monoisotopic (exact) mass is 282 g/mol. The van der Waals surface area contributed by atoms with Gasteiger partial charge in [-0.1, -0.05) is 6.42 Å². The second-order valence-corrected chi connectivity index (χ2v) is 7.05. The molecule has 3 atom stereocenters. The maximum atomic E-state index is 11.9. The Balaban J connectivity index is 1.68. The second-order valence-electron chi connectivity index (χ2n) is 7.05. The molecular weight excluding hydrogens is 256 g/mol. The van der Waals surface area contributed by atoms with Gasteiger partial charge in [-0.15, -0.1) is 0 Å². The van der Waals surface area contributed by atoms with Crippen LogP contribution in [0.1, 0.15) is 52.4 Å². The van der Waals surface area contributed by atoms with Crippen molar-refractivity contribution in [3.63, 3.8) is 0 Å². The van der Waals surface area contributed by atoms with Crippen LogP contribution in [0.4, 0.5) is 4.79 Å². The van der Waals surface area contributed by atoms with E-state index in [0.29, 0.717) is 12.3 Å². The average Bonchev–Trinajstić information content (AvgIpc) is 2.95. The van der Waals surface area contributed by atoms with Crippen LogP contribution >= 0.6 is 0 Å². The number of carboxylic acids is 1. The second kappa shape index (κ2) is 6.02. The Morgan fingerprint density at radius 2 is 2.00 bits per heavy atom. The third-order valence-corrected chi connectivity index (χ3v) is 4.83. The smallest absolute Gasteiger partial charge is 0.315 e. The summed E-state index contributed by atoms with van der Waals surface area (Å²) in [7, 11) is 0. The zero-order chi connectivity index (χ0) is 14.8. The number of rotatable bonds is 6. The fourth-order valence-corrected chi connectivity index (χ4v) is 3.68. The van der Waals surface area contributed by atoms with Crippen LogP contribution in [0.3, 0.4) is 0 Å². The van der Waals surface area contributed by atoms with Gasteiger partial charge < -0.3 is 15.7 Å². The average molecular weight is 282 g/mol. The first kappa shape index (κ1) is 15.1. The Labute approximate surface area is 120 Å². The molecule has 0 spiro atoms. The summed E-state index contributed by atoms with van der Waals surface area (Å²) in [6.45, 7) is 4.46. The summed E-state index contributed by atoms with van der Waals surface area (Å²) in [4.78, 5) is 22.5. The third-order valence-electron chi connectivity index (χ3n) is 4.83. The highest BCUT2D eigenvalue weighted by molar-refractivity contribution is 5.75. The van der Waals surface area contributed by atoms with E-state index in [1.807, 2.05) is 13.8 Å². The summed E-state index contributed by atoms with van der Waals surface area (Å²) in [6, 6.07) is -0.178. The van der Waals surface area contributed by atoms with E-state index in [1.165, 1.54) is 25.7 Å². The number of carbonyl (C=O) groups is 2. The SMILES string of the molecule is CC(C)(CCC(=O)O)NC(=O)NCC1CC2CCC1C2. The molecule has 0 saturated heterocycles. The van der Waals surface area contributed by atoms with Gasteiger partial charge >= 0.3 is 12.0 Å². The summed E-state index contributed by atoms with van der Waals surface area (Å²) < 4.78 is 0. The fraction of sp³-hybridized carbons (Fsp3) is 0.867. The molecule has 0 aliphatic heterocycles. The number of hydrogen-bond acceptors (Lipinski definition) is 2. The van der Waals surface area contributed by atoms with Crippen molar-refractivity contribution in [2.45, 2.75) is 57.9 Å². The van der Waals surface area contributed by atoms with E-state index in [2.05, 4.69) is 10.6 Å². The predicted octanol–water partition coefficient (Wildman–Crippen LogP) is 2.37. The van der Waals surface area contributed by atoms with Gasteiger partial charge in [-0.3, -0.25) is 4.79 Å². The normalized spacial score (nSPS) is 28.4. The number of aliphatic carboxylic acids is 1. The van der Waals surface area contributed by atoms with Gasteiger partial charge in [-0.2, -0.15) is 0 Å². The highest BCUT2D eigenvalue weighted by Crippen LogP contribution is 2.47. The minimum absolute atomic E-state index is 0.0691. The van der Waals surface area contributed by atoms with Gasteiger partial charge in [0.1, 0.15) is 0 Å². The van der Waals surface area contributed by atoms with Crippen LogP contribution in [0, 0.1) is 17.8 Å². The van der Waals surface area contributed by atoms with Crippen LogP contribution in [-0.4, -0.2) is 29.2 Å². The first-order chi connectivity index (χ1) is 9.35. The molecule has 5 heteroatoms. The Morgan fingerprint density at radius 1 is 1.25 bits per heavy atom. The molecule has 2 fully saturated rings. The van der Waals surface area contributed by atoms with Gasteiger partial charge in [0.05, 0.1) is 0 Å². The van der Waals surface area contributed by atoms with Crippen molar-refractivity contribution >= 4 is 12.0 Å². The summed E-state index contributed by atoms with van der Waals surface area (Å²) in [6.07, 6.45) is 5.80. The third kappa shape index (κ3) is 4.12. The summed E-state index contributed by atoms with van der Waals surface area (Å²) in [5.74, 6) is 1.51. The Kier molecular flexibility index (Phi) is 4.55. The molecule has 2 aliphatic rings. The number of carboxylic acid groups (broad SMARTS) is 1. The van der Waals surface area contributed by atoms with Gasteiger partial charge in [-0.05, 0) is 57.3 Å². The molecule has 2 aliphatic carbocycles. The molecule has 5 nitrogen and oxygen atoms in total. The molecule has 0 heterocycles. The van der Waals surface area contributed by atoms with Gasteiger partial charge in [-0.25, -0.2) is 4.79 Å². The maximum absolute atomic E-state index is 11.9. The van der Waals surface area contributed by atoms with Crippen LogP contribution in [0.25, 0.3) is 0 Å². The van der Waals surface area contributed by atoms with Gasteiger partial charge in [0.2, 0.25) is 0 Å². The van der Waals surface area contributed by atoms with Crippen molar-refractivity contribution in [2.75, 3.05) is 6.54 Å². The number of amides is 2. The minimum atomic E-state index is -0.831. The van der Waals surface area contributed by atoms with Crippen molar-refractivity contribution in [1.29, 1.82) is 0 Å². The number of hydrogen-bond donors (Lipinski definition) is 3. The topological polar surface area (TPSA) is 78.4 Å². The van der Waals surface area contributed by atoms with Crippen LogP contribution in [0.5, 0.6) is 0 Å². The zero-order valence-corrected chi connectivity index (χ0v) is 12.4. The molecule has 2 bridgehead atoms. The number of urea groups is 1. The molecular formula is C15H26N2O3. The number of carbonyl (C=O) groups excluding carboxylic acids is 1. The lowest BCUT2D eigenvalue weighted by Crippen LogP contribution is -2.49. The predicted molar refractivity (Wildman–Crippen MR) is 76.4 cm³/mol. The Morgan fingerprint density at radius 3 is 2.55 bits per heavy atom. The summed E-state index contributed by atoms with van der Waals surface area (Å²) in [5, 5.41) is 14.5. The standard InChI is InChI=1S/C15H26N2O3/c1-15(2,6-5-13(18)19)17-14(20)16-9-12-8-10-3-4-11(12)7-10/h10-12H,3-9H2,1-2H3,(H,18,19)(H2,16,17,20). The van der Waals surface area contributed by atoms with E-state index in [1.54, 1.807) is 0 Å². The van der Waals surface area contributed by atoms with Crippen molar-refractivity contribution in [3.05, 3.63) is 0 Å². The van der Waals surface area contributed by atoms with Crippen molar-refractivity contribution < 1.29 is 14.7 Å². The molecule has 2 amide bonds. The van der Waals surface area contributed by atoms with E-state index >= 15 is 0 Å². The molecule has 20 heavy (non-hydrogen) atoms. The summed E-state index contributed by atoms with van der Waals surface area (Å²) in [5.41, 5.74) is -0.489. The molecule has 0 radical (unpaired) electrons. The van der Waals surface area contributed by atoms with Crippen LogP contribution in [0.2, 0.25) is 0 Å². The molecule has 0 aromatic heterocycles. The van der Waals surface area contributed by atoms with Crippen LogP contribution in [0.15, 0.2) is 0 Å². The molecule has 3 N–H and O–H groups in total. The van der Waals surface area contributed by atoms with Crippen molar-refractivity contribution in [1.82, 2.24) is 10.6 Å². The zero-order valence-electron chi connectivity index (χ0n) is 12.4. The molecule has 114 valence electrons. The van der Waals surface area contributed by atoms with E-state index in [4.69, 9.17) is 5.11 Å². The van der Waals surface area contributed by atoms with Gasteiger partial charge in [0.15, 0.2) is 0 Å². The van der Waals surface area contributed by atoms with Gasteiger partial charge in [0.25, 0.3) is 0 Å². The first-order valence-electron chi connectivity index (χ1n) is 7.63. The summed E-state index contributed by atoms with van der Waals surface area (Å²) >= 11 is 0. The molecule has 0 aromatic rings. The lowest BCUT2D eigenvalue weighted by atomic mass is 9.89. The molecule has 2 saturated carbocycles. The lowest BCUT2D eigenvalue weighted by molar-refractivity contribution is -0.137. The highest BCUT2D eigenvalue weighted by Gasteiger charge is 2.39. The Hall–Kier alpha value is -1.26. The quantitative estimate of drug-likeness (QED) is 0.700. The first-order valence-corrected chi connectivity index (χ1v) is 7.63. The minimum Gasteiger partial charge on any atom is -0.481 e. The molecule has 3 unspecified atom stereocenters. The molecule has 2 rings (SSSR count). The van der Waals surface area contributed by atoms with E-state index in [-0.39, 0.29) is 12.5 Å². The molecule has 0 aromatic carbocycles. The van der Waals surface area contributed by atoms with E-state index in [9.17, 15) is 9.59 Å². The highest BCUT2D eigenvalue weighted by atomic mass is 16.4. The van der Waals surface area contributed by atoms with Crippen LogP contribution in [-0.2, 0) is 4.79 Å².